The molecule has 2 aliphatic rings. The lowest BCUT2D eigenvalue weighted by atomic mass is 10.1. The van der Waals surface area contributed by atoms with Crippen LogP contribution in [0, 0.1) is 0 Å². The van der Waals surface area contributed by atoms with Crippen molar-refractivity contribution in [3.63, 3.8) is 0 Å². The van der Waals surface area contributed by atoms with Crippen molar-refractivity contribution in [3.05, 3.63) is 65.7 Å². The Morgan fingerprint density at radius 2 is 1.81 bits per heavy atom. The molecule has 0 aliphatic carbocycles. The minimum atomic E-state index is -1.01. The second kappa shape index (κ2) is 8.47. The number of benzene rings is 2. The summed E-state index contributed by atoms with van der Waals surface area (Å²) in [6.45, 7) is 1.27. The number of carbonyl (C=O) groups is 4. The summed E-state index contributed by atoms with van der Waals surface area (Å²) in [6, 6.07) is 14.5. The molecule has 9 heteroatoms. The fourth-order valence-corrected chi connectivity index (χ4v) is 3.63. The van der Waals surface area contributed by atoms with Gasteiger partial charge in [-0.05, 0) is 17.2 Å². The third-order valence-corrected chi connectivity index (χ3v) is 5.14. The monoisotopic (exact) mass is 423 g/mol. The second-order valence-electron chi connectivity index (χ2n) is 7.28. The lowest BCUT2D eigenvalue weighted by molar-refractivity contribution is -0.164. The summed E-state index contributed by atoms with van der Waals surface area (Å²) >= 11 is 0. The minimum Gasteiger partial charge on any atom is -0.444 e. The van der Waals surface area contributed by atoms with Gasteiger partial charge < -0.3 is 20.1 Å². The lowest BCUT2D eigenvalue weighted by Gasteiger charge is -2.36. The molecule has 1 saturated heterocycles. The normalized spacial score (nSPS) is 21.4. The van der Waals surface area contributed by atoms with Crippen LogP contribution in [0.2, 0.25) is 0 Å². The summed E-state index contributed by atoms with van der Waals surface area (Å²) in [4.78, 5) is 50.2. The first-order valence-electron chi connectivity index (χ1n) is 9.80. The van der Waals surface area contributed by atoms with Crippen molar-refractivity contribution in [2.24, 2.45) is 0 Å². The highest BCUT2D eigenvalue weighted by Gasteiger charge is 2.46. The SMILES string of the molecule is CC(=O)O[C@@H]1NC(=O)[C@H]1NC(=O)C1Cc2ccccc2N1C(=O)OCc1ccccc1. The fourth-order valence-electron chi connectivity index (χ4n) is 3.63. The van der Waals surface area contributed by atoms with E-state index >= 15 is 0 Å². The number of hydrogen-bond acceptors (Lipinski definition) is 6. The zero-order chi connectivity index (χ0) is 22.0. The van der Waals surface area contributed by atoms with Gasteiger partial charge in [0.25, 0.3) is 5.91 Å². The summed E-state index contributed by atoms with van der Waals surface area (Å²) in [7, 11) is 0. The third kappa shape index (κ3) is 4.20. The van der Waals surface area contributed by atoms with E-state index in [2.05, 4.69) is 10.6 Å². The Morgan fingerprint density at radius 1 is 1.10 bits per heavy atom. The molecule has 2 N–H and O–H groups in total. The van der Waals surface area contributed by atoms with Gasteiger partial charge >= 0.3 is 12.1 Å². The molecule has 0 saturated carbocycles. The highest BCUT2D eigenvalue weighted by Crippen LogP contribution is 2.33. The average Bonchev–Trinajstić information content (AvgIpc) is 3.16. The summed E-state index contributed by atoms with van der Waals surface area (Å²) in [5.41, 5.74) is 2.21. The highest BCUT2D eigenvalue weighted by atomic mass is 16.6. The van der Waals surface area contributed by atoms with E-state index in [9.17, 15) is 19.2 Å². The second-order valence-corrected chi connectivity index (χ2v) is 7.28. The molecule has 1 fully saturated rings. The lowest BCUT2D eigenvalue weighted by Crippen LogP contribution is -2.71. The van der Waals surface area contributed by atoms with Gasteiger partial charge in [-0.15, -0.1) is 0 Å². The molecule has 2 aliphatic heterocycles. The Bertz CT molecular complexity index is 1020. The largest absolute Gasteiger partial charge is 0.444 e. The van der Waals surface area contributed by atoms with Gasteiger partial charge in [0.2, 0.25) is 12.1 Å². The van der Waals surface area contributed by atoms with Gasteiger partial charge in [-0.3, -0.25) is 19.3 Å². The number of anilines is 1. The van der Waals surface area contributed by atoms with E-state index in [1.807, 2.05) is 42.5 Å². The number of rotatable bonds is 5. The molecule has 3 atom stereocenters. The van der Waals surface area contributed by atoms with Crippen LogP contribution >= 0.6 is 0 Å². The van der Waals surface area contributed by atoms with E-state index in [-0.39, 0.29) is 13.0 Å². The van der Waals surface area contributed by atoms with Crippen LogP contribution in [-0.2, 0) is 36.9 Å². The number of para-hydroxylation sites is 1. The molecule has 9 nitrogen and oxygen atoms in total. The Hall–Kier alpha value is -3.88. The van der Waals surface area contributed by atoms with E-state index < -0.39 is 42.2 Å². The molecule has 4 rings (SSSR count). The van der Waals surface area contributed by atoms with E-state index in [0.29, 0.717) is 5.69 Å². The van der Waals surface area contributed by atoms with E-state index in [0.717, 1.165) is 11.1 Å². The highest BCUT2D eigenvalue weighted by molar-refractivity contribution is 6.02. The smallest absolute Gasteiger partial charge is 0.415 e. The van der Waals surface area contributed by atoms with Crippen LogP contribution in [0.25, 0.3) is 0 Å². The summed E-state index contributed by atoms with van der Waals surface area (Å²) < 4.78 is 10.4. The Morgan fingerprint density at radius 3 is 2.52 bits per heavy atom. The number of nitrogens with one attached hydrogen (secondary N) is 2. The molecule has 0 aromatic heterocycles. The maximum Gasteiger partial charge on any atom is 0.415 e. The van der Waals surface area contributed by atoms with Crippen LogP contribution in [0.5, 0.6) is 0 Å². The summed E-state index contributed by atoms with van der Waals surface area (Å²) in [6.07, 6.45) is -1.32. The zero-order valence-corrected chi connectivity index (χ0v) is 16.7. The molecule has 3 amide bonds. The van der Waals surface area contributed by atoms with Crippen molar-refractivity contribution in [2.45, 2.75) is 38.3 Å². The van der Waals surface area contributed by atoms with Crippen molar-refractivity contribution < 1.29 is 28.7 Å². The number of ether oxygens (including phenoxy) is 2. The number of esters is 1. The van der Waals surface area contributed by atoms with Gasteiger partial charge in [-0.2, -0.15) is 0 Å². The molecule has 0 spiro atoms. The molecule has 2 aromatic carbocycles. The van der Waals surface area contributed by atoms with Crippen LogP contribution in [0.15, 0.2) is 54.6 Å². The molecule has 160 valence electrons. The average molecular weight is 423 g/mol. The number of β-lactam (4-membered cyclic amide) rings is 1. The van der Waals surface area contributed by atoms with Crippen LogP contribution < -0.4 is 15.5 Å². The van der Waals surface area contributed by atoms with Crippen LogP contribution in [0.3, 0.4) is 0 Å². The number of nitrogens with zero attached hydrogens (tertiary/aromatic N) is 1. The Kier molecular flexibility index (Phi) is 5.57. The third-order valence-electron chi connectivity index (χ3n) is 5.14. The zero-order valence-electron chi connectivity index (χ0n) is 16.7. The summed E-state index contributed by atoms with van der Waals surface area (Å²) in [5, 5.41) is 4.99. The maximum absolute atomic E-state index is 13.0. The van der Waals surface area contributed by atoms with Crippen molar-refractivity contribution in [1.82, 2.24) is 10.6 Å². The van der Waals surface area contributed by atoms with Crippen LogP contribution in [-0.4, -0.2) is 42.2 Å². The van der Waals surface area contributed by atoms with Gasteiger partial charge in [0.15, 0.2) is 6.04 Å². The quantitative estimate of drug-likeness (QED) is 0.553. The van der Waals surface area contributed by atoms with Gasteiger partial charge in [0.1, 0.15) is 12.6 Å². The molecular formula is C22H21N3O6. The van der Waals surface area contributed by atoms with E-state index in [1.165, 1.54) is 11.8 Å². The molecule has 2 heterocycles. The fraction of sp³-hybridized carbons (Fsp3) is 0.273. The first kappa shape index (κ1) is 20.4. The van der Waals surface area contributed by atoms with Crippen molar-refractivity contribution in [3.8, 4) is 0 Å². The first-order valence-corrected chi connectivity index (χ1v) is 9.80. The molecule has 0 bridgehead atoms. The molecule has 2 aromatic rings. The Balaban J connectivity index is 1.49. The van der Waals surface area contributed by atoms with Crippen LogP contribution in [0.1, 0.15) is 18.1 Å². The van der Waals surface area contributed by atoms with Gasteiger partial charge in [0.05, 0.1) is 5.69 Å². The Labute approximate surface area is 178 Å². The van der Waals surface area contributed by atoms with E-state index in [1.54, 1.807) is 12.1 Å². The number of hydrogen-bond donors (Lipinski definition) is 2. The number of fused-ring (bicyclic) bond motifs is 1. The van der Waals surface area contributed by atoms with Crippen molar-refractivity contribution in [2.75, 3.05) is 4.90 Å². The first-order chi connectivity index (χ1) is 14.9. The predicted molar refractivity (Wildman–Crippen MR) is 109 cm³/mol. The minimum absolute atomic E-state index is 0.0617. The molecule has 0 radical (unpaired) electrons. The van der Waals surface area contributed by atoms with Crippen molar-refractivity contribution in [1.29, 1.82) is 0 Å². The predicted octanol–water partition coefficient (Wildman–Crippen LogP) is 1.26. The molecule has 1 unspecified atom stereocenters. The number of carbonyl (C=O) groups excluding carboxylic acids is 4. The summed E-state index contributed by atoms with van der Waals surface area (Å²) in [5.74, 6) is -1.58. The van der Waals surface area contributed by atoms with Gasteiger partial charge in [0, 0.05) is 13.3 Å². The van der Waals surface area contributed by atoms with Gasteiger partial charge in [-0.1, -0.05) is 48.5 Å². The van der Waals surface area contributed by atoms with Crippen molar-refractivity contribution >= 4 is 29.6 Å². The topological polar surface area (TPSA) is 114 Å². The van der Waals surface area contributed by atoms with E-state index in [4.69, 9.17) is 9.47 Å². The molecular weight excluding hydrogens is 402 g/mol. The maximum atomic E-state index is 13.0. The standard InChI is InChI=1S/C22H21N3O6/c1-13(26)31-21-18(20(28)24-21)23-19(27)17-11-15-9-5-6-10-16(15)25(17)22(29)30-12-14-7-3-2-4-8-14/h2-10,17-18,21H,11-12H2,1H3,(H,23,27)(H,24,28)/t17?,18-,21+/m1/s1. The molecule has 31 heavy (non-hydrogen) atoms. The van der Waals surface area contributed by atoms with Crippen LogP contribution in [0.4, 0.5) is 10.5 Å². The van der Waals surface area contributed by atoms with Gasteiger partial charge in [-0.25, -0.2) is 4.79 Å². The number of amides is 3.